The van der Waals surface area contributed by atoms with Gasteiger partial charge in [-0.1, -0.05) is 26.7 Å². The highest BCUT2D eigenvalue weighted by Gasteiger charge is 2.21. The molecule has 0 bridgehead atoms. The standard InChI is InChI=1S/C11H21NO3/c1-4-6-7-9(5-2)11(14)15-10(13)8(3)12/h8-9H,4-7,12H2,1-3H3. The lowest BCUT2D eigenvalue weighted by Crippen LogP contribution is -2.32. The molecule has 0 amide bonds. The van der Waals surface area contributed by atoms with Gasteiger partial charge in [-0.2, -0.15) is 0 Å². The summed E-state index contributed by atoms with van der Waals surface area (Å²) in [5.74, 6) is -1.25. The maximum absolute atomic E-state index is 11.5. The molecule has 0 aromatic carbocycles. The van der Waals surface area contributed by atoms with Crippen LogP contribution in [0.3, 0.4) is 0 Å². The molecule has 0 aliphatic rings. The van der Waals surface area contributed by atoms with Gasteiger partial charge in [0, 0.05) is 0 Å². The third-order valence-electron chi connectivity index (χ3n) is 2.31. The zero-order chi connectivity index (χ0) is 11.8. The molecule has 2 unspecified atom stereocenters. The first-order valence-corrected chi connectivity index (χ1v) is 5.54. The van der Waals surface area contributed by atoms with Crippen molar-refractivity contribution in [2.24, 2.45) is 11.7 Å². The molecule has 0 fully saturated rings. The van der Waals surface area contributed by atoms with Gasteiger partial charge in [0.05, 0.1) is 5.92 Å². The summed E-state index contributed by atoms with van der Waals surface area (Å²) in [7, 11) is 0. The largest absolute Gasteiger partial charge is 0.392 e. The number of ether oxygens (including phenoxy) is 1. The summed E-state index contributed by atoms with van der Waals surface area (Å²) >= 11 is 0. The molecule has 0 heterocycles. The van der Waals surface area contributed by atoms with Crippen molar-refractivity contribution in [1.29, 1.82) is 0 Å². The second-order valence-corrected chi connectivity index (χ2v) is 3.78. The molecule has 2 N–H and O–H groups in total. The molecule has 0 saturated heterocycles. The lowest BCUT2D eigenvalue weighted by molar-refractivity contribution is -0.163. The highest BCUT2D eigenvalue weighted by molar-refractivity contribution is 5.89. The van der Waals surface area contributed by atoms with Crippen molar-refractivity contribution in [2.75, 3.05) is 0 Å². The number of esters is 2. The van der Waals surface area contributed by atoms with E-state index in [4.69, 9.17) is 5.73 Å². The Morgan fingerprint density at radius 1 is 1.27 bits per heavy atom. The normalized spacial score (nSPS) is 14.4. The smallest absolute Gasteiger partial charge is 0.330 e. The molecular formula is C11H21NO3. The third-order valence-corrected chi connectivity index (χ3v) is 2.31. The van der Waals surface area contributed by atoms with Crippen molar-refractivity contribution < 1.29 is 14.3 Å². The fraction of sp³-hybridized carbons (Fsp3) is 0.818. The van der Waals surface area contributed by atoms with Crippen molar-refractivity contribution in [3.8, 4) is 0 Å². The molecule has 15 heavy (non-hydrogen) atoms. The maximum atomic E-state index is 11.5. The van der Waals surface area contributed by atoms with Crippen molar-refractivity contribution >= 4 is 11.9 Å². The van der Waals surface area contributed by atoms with Gasteiger partial charge in [-0.15, -0.1) is 0 Å². The molecule has 0 aromatic rings. The van der Waals surface area contributed by atoms with Crippen LogP contribution in [0.5, 0.6) is 0 Å². The summed E-state index contributed by atoms with van der Waals surface area (Å²) in [6, 6.07) is -0.738. The molecule has 0 radical (unpaired) electrons. The van der Waals surface area contributed by atoms with E-state index >= 15 is 0 Å². The van der Waals surface area contributed by atoms with E-state index in [0.717, 1.165) is 19.3 Å². The van der Waals surface area contributed by atoms with Crippen molar-refractivity contribution in [3.05, 3.63) is 0 Å². The zero-order valence-electron chi connectivity index (χ0n) is 9.79. The van der Waals surface area contributed by atoms with Crippen LogP contribution < -0.4 is 5.73 Å². The van der Waals surface area contributed by atoms with Crippen LogP contribution in [0.25, 0.3) is 0 Å². The molecule has 4 nitrogen and oxygen atoms in total. The number of carbonyl (C=O) groups excluding carboxylic acids is 2. The molecule has 0 saturated carbocycles. The van der Waals surface area contributed by atoms with E-state index in [1.54, 1.807) is 0 Å². The molecule has 0 spiro atoms. The Kier molecular flexibility index (Phi) is 6.96. The van der Waals surface area contributed by atoms with Crippen LogP contribution in [-0.2, 0) is 14.3 Å². The molecule has 0 aromatic heterocycles. The number of unbranched alkanes of at least 4 members (excludes halogenated alkanes) is 1. The lowest BCUT2D eigenvalue weighted by Gasteiger charge is -2.13. The number of hydrogen-bond acceptors (Lipinski definition) is 4. The van der Waals surface area contributed by atoms with E-state index in [1.807, 2.05) is 6.92 Å². The van der Waals surface area contributed by atoms with Gasteiger partial charge in [0.1, 0.15) is 6.04 Å². The number of carbonyl (C=O) groups is 2. The Hall–Kier alpha value is -0.900. The summed E-state index contributed by atoms with van der Waals surface area (Å²) in [5, 5.41) is 0. The van der Waals surface area contributed by atoms with Gasteiger partial charge >= 0.3 is 11.9 Å². The fourth-order valence-corrected chi connectivity index (χ4v) is 1.21. The van der Waals surface area contributed by atoms with Crippen LogP contribution in [0.4, 0.5) is 0 Å². The summed E-state index contributed by atoms with van der Waals surface area (Å²) in [6.45, 7) is 5.48. The Labute approximate surface area is 91.2 Å². The first-order valence-electron chi connectivity index (χ1n) is 5.54. The van der Waals surface area contributed by atoms with E-state index < -0.39 is 18.0 Å². The summed E-state index contributed by atoms with van der Waals surface area (Å²) in [5.41, 5.74) is 5.30. The number of rotatable bonds is 6. The monoisotopic (exact) mass is 215 g/mol. The average molecular weight is 215 g/mol. The van der Waals surface area contributed by atoms with Crippen molar-refractivity contribution in [3.63, 3.8) is 0 Å². The highest BCUT2D eigenvalue weighted by atomic mass is 16.6. The molecule has 0 aliphatic heterocycles. The first kappa shape index (κ1) is 14.1. The van der Waals surface area contributed by atoms with E-state index in [-0.39, 0.29) is 5.92 Å². The molecule has 4 heteroatoms. The van der Waals surface area contributed by atoms with Gasteiger partial charge in [-0.25, -0.2) is 4.79 Å². The van der Waals surface area contributed by atoms with Gasteiger partial charge in [-0.3, -0.25) is 4.79 Å². The molecule has 0 aliphatic carbocycles. The predicted octanol–water partition coefficient (Wildman–Crippen LogP) is 1.62. The molecule has 88 valence electrons. The van der Waals surface area contributed by atoms with Crippen LogP contribution >= 0.6 is 0 Å². The quantitative estimate of drug-likeness (QED) is 0.540. The summed E-state index contributed by atoms with van der Waals surface area (Å²) < 4.78 is 4.66. The fourth-order valence-electron chi connectivity index (χ4n) is 1.21. The topological polar surface area (TPSA) is 69.4 Å². The van der Waals surface area contributed by atoms with Crippen molar-refractivity contribution in [1.82, 2.24) is 0 Å². The van der Waals surface area contributed by atoms with Crippen LogP contribution in [0, 0.1) is 5.92 Å². The summed E-state index contributed by atoms with van der Waals surface area (Å²) in [6.07, 6.45) is 3.48. The molecular weight excluding hydrogens is 194 g/mol. The SMILES string of the molecule is CCCCC(CC)C(=O)OC(=O)C(C)N. The molecule has 2 atom stereocenters. The van der Waals surface area contributed by atoms with Gasteiger partial charge in [0.25, 0.3) is 0 Å². The minimum absolute atomic E-state index is 0.173. The van der Waals surface area contributed by atoms with E-state index in [9.17, 15) is 9.59 Å². The predicted molar refractivity (Wildman–Crippen MR) is 58.1 cm³/mol. The molecule has 0 rings (SSSR count). The Bertz CT molecular complexity index is 214. The van der Waals surface area contributed by atoms with E-state index in [1.165, 1.54) is 6.92 Å². The Balaban J connectivity index is 4.09. The van der Waals surface area contributed by atoms with Gasteiger partial charge < -0.3 is 10.5 Å². The zero-order valence-corrected chi connectivity index (χ0v) is 9.79. The van der Waals surface area contributed by atoms with Gasteiger partial charge in [0.2, 0.25) is 0 Å². The van der Waals surface area contributed by atoms with Crippen molar-refractivity contribution in [2.45, 2.75) is 52.5 Å². The lowest BCUT2D eigenvalue weighted by atomic mass is 10.00. The van der Waals surface area contributed by atoms with E-state index in [0.29, 0.717) is 6.42 Å². The third kappa shape index (κ3) is 5.52. The Morgan fingerprint density at radius 2 is 1.87 bits per heavy atom. The number of nitrogens with two attached hydrogens (primary N) is 1. The van der Waals surface area contributed by atoms with Crippen LogP contribution in [0.15, 0.2) is 0 Å². The number of hydrogen-bond donors (Lipinski definition) is 1. The maximum Gasteiger partial charge on any atom is 0.330 e. The average Bonchev–Trinajstić information content (AvgIpc) is 2.18. The second-order valence-electron chi connectivity index (χ2n) is 3.78. The van der Waals surface area contributed by atoms with Gasteiger partial charge in [0.15, 0.2) is 0 Å². The van der Waals surface area contributed by atoms with E-state index in [2.05, 4.69) is 11.7 Å². The van der Waals surface area contributed by atoms with Crippen LogP contribution in [0.2, 0.25) is 0 Å². The minimum atomic E-state index is -0.738. The van der Waals surface area contributed by atoms with Gasteiger partial charge in [-0.05, 0) is 19.8 Å². The first-order chi connectivity index (χ1) is 7.02. The second kappa shape index (κ2) is 7.40. The van der Waals surface area contributed by atoms with Crippen LogP contribution in [-0.4, -0.2) is 18.0 Å². The minimum Gasteiger partial charge on any atom is -0.392 e. The summed E-state index contributed by atoms with van der Waals surface area (Å²) in [4.78, 5) is 22.6. The Morgan fingerprint density at radius 3 is 2.27 bits per heavy atom. The highest BCUT2D eigenvalue weighted by Crippen LogP contribution is 2.14. The van der Waals surface area contributed by atoms with Crippen LogP contribution in [0.1, 0.15) is 46.5 Å².